The first-order chi connectivity index (χ1) is 9.32. The fraction of sp³-hybridized carbons (Fsp3) is 0.231. The maximum Gasteiger partial charge on any atom is 0.387 e. The zero-order valence-electron chi connectivity index (χ0n) is 10.3. The lowest BCUT2D eigenvalue weighted by atomic mass is 10.0. The minimum atomic E-state index is -3.08. The van der Waals surface area contributed by atoms with Gasteiger partial charge in [0, 0.05) is 11.6 Å². The van der Waals surface area contributed by atoms with Crippen molar-refractivity contribution in [2.24, 2.45) is 0 Å². The smallest absolute Gasteiger partial charge is 0.387 e. The standard InChI is InChI=1S/C13H11ClF2O4/c1-7(17)12(14)9-3-2-4-10(20-13(15)16)8(9)5-6-11(18)19/h2-6,12-13H,1H3,(H,18,19). The molecule has 1 aromatic carbocycles. The van der Waals surface area contributed by atoms with Crippen LogP contribution in [0.2, 0.25) is 0 Å². The number of carboxylic acids is 1. The molecular weight excluding hydrogens is 294 g/mol. The van der Waals surface area contributed by atoms with E-state index in [0.717, 1.165) is 12.2 Å². The van der Waals surface area contributed by atoms with Crippen molar-refractivity contribution in [2.45, 2.75) is 18.9 Å². The van der Waals surface area contributed by atoms with Crippen LogP contribution in [0.1, 0.15) is 23.4 Å². The Morgan fingerprint density at radius 2 is 2.05 bits per heavy atom. The van der Waals surface area contributed by atoms with E-state index in [1.807, 2.05) is 0 Å². The molecule has 0 saturated heterocycles. The molecule has 108 valence electrons. The van der Waals surface area contributed by atoms with E-state index in [4.69, 9.17) is 16.7 Å². The summed E-state index contributed by atoms with van der Waals surface area (Å²) < 4.78 is 29.0. The molecule has 0 aliphatic carbocycles. The molecule has 0 aliphatic heterocycles. The summed E-state index contributed by atoms with van der Waals surface area (Å²) in [4.78, 5) is 21.9. The number of ether oxygens (including phenoxy) is 1. The van der Waals surface area contributed by atoms with Crippen LogP contribution in [0.3, 0.4) is 0 Å². The van der Waals surface area contributed by atoms with Gasteiger partial charge in [0.05, 0.1) is 0 Å². The van der Waals surface area contributed by atoms with Crippen LogP contribution < -0.4 is 4.74 Å². The first-order valence-corrected chi connectivity index (χ1v) is 5.89. The van der Waals surface area contributed by atoms with Crippen molar-refractivity contribution in [2.75, 3.05) is 0 Å². The second kappa shape index (κ2) is 7.00. The Balaban J connectivity index is 3.35. The van der Waals surface area contributed by atoms with Gasteiger partial charge in [0.15, 0.2) is 5.78 Å². The summed E-state index contributed by atoms with van der Waals surface area (Å²) in [5.74, 6) is -1.91. The van der Waals surface area contributed by atoms with Crippen molar-refractivity contribution in [1.29, 1.82) is 0 Å². The van der Waals surface area contributed by atoms with E-state index in [1.165, 1.54) is 25.1 Å². The number of alkyl halides is 3. The Bertz CT molecular complexity index is 543. The SMILES string of the molecule is CC(=O)C(Cl)c1cccc(OC(F)F)c1C=CC(=O)O. The van der Waals surface area contributed by atoms with Crippen LogP contribution in [-0.4, -0.2) is 23.5 Å². The number of carboxylic acid groups (broad SMARTS) is 1. The fourth-order valence-electron chi connectivity index (χ4n) is 1.53. The third-order valence-corrected chi connectivity index (χ3v) is 2.88. The molecule has 1 atom stereocenters. The van der Waals surface area contributed by atoms with Gasteiger partial charge in [-0.05, 0) is 24.6 Å². The van der Waals surface area contributed by atoms with Gasteiger partial charge in [-0.3, -0.25) is 4.79 Å². The second-order valence-electron chi connectivity index (χ2n) is 3.78. The summed E-state index contributed by atoms with van der Waals surface area (Å²) in [7, 11) is 0. The highest BCUT2D eigenvalue weighted by Gasteiger charge is 2.20. The topological polar surface area (TPSA) is 63.6 Å². The van der Waals surface area contributed by atoms with Crippen LogP contribution in [0.5, 0.6) is 5.75 Å². The lowest BCUT2D eigenvalue weighted by molar-refractivity contribution is -0.131. The zero-order valence-corrected chi connectivity index (χ0v) is 11.1. The molecule has 0 amide bonds. The highest BCUT2D eigenvalue weighted by atomic mass is 35.5. The minimum Gasteiger partial charge on any atom is -0.478 e. The molecule has 1 rings (SSSR count). The van der Waals surface area contributed by atoms with E-state index >= 15 is 0 Å². The van der Waals surface area contributed by atoms with Gasteiger partial charge >= 0.3 is 12.6 Å². The lowest BCUT2D eigenvalue weighted by Crippen LogP contribution is -2.08. The van der Waals surface area contributed by atoms with Crippen LogP contribution in [0.4, 0.5) is 8.78 Å². The zero-order chi connectivity index (χ0) is 15.3. The van der Waals surface area contributed by atoms with Crippen molar-refractivity contribution >= 4 is 29.4 Å². The number of hydrogen-bond donors (Lipinski definition) is 1. The van der Waals surface area contributed by atoms with Crippen molar-refractivity contribution in [3.8, 4) is 5.75 Å². The number of carbonyl (C=O) groups is 2. The molecule has 0 radical (unpaired) electrons. The lowest BCUT2D eigenvalue weighted by Gasteiger charge is -2.14. The largest absolute Gasteiger partial charge is 0.478 e. The average molecular weight is 305 g/mol. The van der Waals surface area contributed by atoms with Crippen molar-refractivity contribution in [3.05, 3.63) is 35.4 Å². The van der Waals surface area contributed by atoms with Gasteiger partial charge in [-0.2, -0.15) is 8.78 Å². The number of hydrogen-bond acceptors (Lipinski definition) is 3. The van der Waals surface area contributed by atoms with Gasteiger partial charge in [0.25, 0.3) is 0 Å². The number of carbonyl (C=O) groups excluding carboxylic acids is 1. The molecule has 1 aromatic rings. The molecule has 0 aromatic heterocycles. The second-order valence-corrected chi connectivity index (χ2v) is 4.22. The molecule has 7 heteroatoms. The van der Waals surface area contributed by atoms with Gasteiger partial charge in [-0.1, -0.05) is 12.1 Å². The summed E-state index contributed by atoms with van der Waals surface area (Å²) in [6.07, 6.45) is 1.81. The van der Waals surface area contributed by atoms with Crippen molar-refractivity contribution in [3.63, 3.8) is 0 Å². The molecule has 0 fully saturated rings. The molecule has 0 bridgehead atoms. The third kappa shape index (κ3) is 4.31. The quantitative estimate of drug-likeness (QED) is 0.647. The summed E-state index contributed by atoms with van der Waals surface area (Å²) in [6.45, 7) is -1.84. The number of ketones is 1. The summed E-state index contributed by atoms with van der Waals surface area (Å²) in [5, 5.41) is 7.53. The maximum absolute atomic E-state index is 12.3. The highest BCUT2D eigenvalue weighted by molar-refractivity contribution is 6.31. The van der Waals surface area contributed by atoms with Gasteiger partial charge in [0.1, 0.15) is 11.1 Å². The summed E-state index contributed by atoms with van der Waals surface area (Å²) in [5.41, 5.74) is 0.236. The third-order valence-electron chi connectivity index (χ3n) is 2.34. The first-order valence-electron chi connectivity index (χ1n) is 5.46. The molecule has 4 nitrogen and oxygen atoms in total. The molecule has 0 heterocycles. The van der Waals surface area contributed by atoms with Crippen LogP contribution in [0, 0.1) is 0 Å². The number of rotatable bonds is 6. The summed E-state index contributed by atoms with van der Waals surface area (Å²) in [6, 6.07) is 4.07. The molecular formula is C13H11ClF2O4. The van der Waals surface area contributed by atoms with Gasteiger partial charge in [0.2, 0.25) is 0 Å². The fourth-order valence-corrected chi connectivity index (χ4v) is 1.72. The van der Waals surface area contributed by atoms with E-state index in [1.54, 1.807) is 0 Å². The Morgan fingerprint density at radius 1 is 1.40 bits per heavy atom. The van der Waals surface area contributed by atoms with E-state index in [-0.39, 0.29) is 16.9 Å². The van der Waals surface area contributed by atoms with Crippen LogP contribution in [0.25, 0.3) is 6.08 Å². The van der Waals surface area contributed by atoms with Gasteiger partial charge < -0.3 is 9.84 Å². The van der Waals surface area contributed by atoms with Gasteiger partial charge in [-0.15, -0.1) is 11.6 Å². The normalized spacial score (nSPS) is 12.7. The predicted molar refractivity (Wildman–Crippen MR) is 69.0 cm³/mol. The molecule has 0 aliphatic rings. The van der Waals surface area contributed by atoms with E-state index in [0.29, 0.717) is 0 Å². The van der Waals surface area contributed by atoms with Gasteiger partial charge in [-0.25, -0.2) is 4.79 Å². The molecule has 20 heavy (non-hydrogen) atoms. The molecule has 1 N–H and O–H groups in total. The Morgan fingerprint density at radius 3 is 2.55 bits per heavy atom. The molecule has 0 spiro atoms. The number of benzene rings is 1. The van der Waals surface area contributed by atoms with E-state index < -0.39 is 23.7 Å². The highest BCUT2D eigenvalue weighted by Crippen LogP contribution is 2.33. The van der Waals surface area contributed by atoms with Crippen molar-refractivity contribution in [1.82, 2.24) is 0 Å². The van der Waals surface area contributed by atoms with Crippen LogP contribution in [0.15, 0.2) is 24.3 Å². The predicted octanol–water partition coefficient (Wildman–Crippen LogP) is 3.25. The Labute approximate surface area is 118 Å². The monoisotopic (exact) mass is 304 g/mol. The van der Waals surface area contributed by atoms with E-state index in [9.17, 15) is 18.4 Å². The number of halogens is 3. The first kappa shape index (κ1) is 16.1. The van der Waals surface area contributed by atoms with Crippen molar-refractivity contribution < 1.29 is 28.2 Å². The Hall–Kier alpha value is -1.95. The maximum atomic E-state index is 12.3. The molecule has 0 saturated carbocycles. The molecule has 1 unspecified atom stereocenters. The van der Waals surface area contributed by atoms with Crippen LogP contribution in [-0.2, 0) is 9.59 Å². The number of aliphatic carboxylic acids is 1. The average Bonchev–Trinajstić information content (AvgIpc) is 2.35. The summed E-state index contributed by atoms with van der Waals surface area (Å²) >= 11 is 5.90. The van der Waals surface area contributed by atoms with Crippen LogP contribution >= 0.6 is 11.6 Å². The minimum absolute atomic E-state index is 0.0328. The Kier molecular flexibility index (Phi) is 5.64. The number of Topliss-reactive ketones (excluding diaryl/α,β-unsaturated/α-hetero) is 1. The van der Waals surface area contributed by atoms with E-state index in [2.05, 4.69) is 4.74 Å².